The van der Waals surface area contributed by atoms with E-state index >= 15 is 0 Å². The van der Waals surface area contributed by atoms with Crippen molar-refractivity contribution in [3.05, 3.63) is 30.6 Å². The highest BCUT2D eigenvalue weighted by atomic mass is 32.1. The van der Waals surface area contributed by atoms with Gasteiger partial charge in [-0.2, -0.15) is 0 Å². The molecule has 0 saturated heterocycles. The summed E-state index contributed by atoms with van der Waals surface area (Å²) in [5.74, 6) is 2.03. The van der Waals surface area contributed by atoms with Gasteiger partial charge in [0.2, 0.25) is 0 Å². The van der Waals surface area contributed by atoms with Gasteiger partial charge < -0.3 is 42.6 Å². The Morgan fingerprint density at radius 2 is 0.634 bits per heavy atom. The van der Waals surface area contributed by atoms with Crippen LogP contribution in [0.1, 0.15) is 30.6 Å². The van der Waals surface area contributed by atoms with Crippen molar-refractivity contribution >= 4 is 22.7 Å². The smallest absolute Gasteiger partial charge is 0.136 e. The molecule has 0 aliphatic rings. The van der Waals surface area contributed by atoms with Crippen LogP contribution in [0.3, 0.4) is 0 Å². The lowest BCUT2D eigenvalue weighted by Gasteiger charge is -2.09. The third kappa shape index (κ3) is 16.8. The molecular weight excluding hydrogens is 568 g/mol. The standard InChI is InChI=1S/C16H28O5S.C14H24O4S/c1-13-14(2)22-15(3)16(13)21-12-11-20-10-9-19-8-7-18-6-5-17-4;1-11-12(2)19-13(3)14(11)18-10-9-17-8-7-16-6-5-15-4/h5-12H2,1-4H3;5-10H2,1-4H3. The Bertz CT molecular complexity index is 914. The van der Waals surface area contributed by atoms with Crippen LogP contribution >= 0.6 is 22.7 Å². The van der Waals surface area contributed by atoms with Crippen molar-refractivity contribution in [1.82, 2.24) is 0 Å². The molecule has 2 aromatic rings. The van der Waals surface area contributed by atoms with Crippen LogP contribution in [0.5, 0.6) is 11.5 Å². The van der Waals surface area contributed by atoms with Gasteiger partial charge in [0.1, 0.15) is 24.7 Å². The van der Waals surface area contributed by atoms with Crippen LogP contribution in [0.15, 0.2) is 0 Å². The molecule has 0 bridgehead atoms. The summed E-state index contributed by atoms with van der Waals surface area (Å²) >= 11 is 3.55. The van der Waals surface area contributed by atoms with Crippen LogP contribution in [0.4, 0.5) is 0 Å². The highest BCUT2D eigenvalue weighted by molar-refractivity contribution is 7.12. The Hall–Kier alpha value is -1.28. The Morgan fingerprint density at radius 3 is 0.878 bits per heavy atom. The van der Waals surface area contributed by atoms with Gasteiger partial charge in [0, 0.05) is 44.9 Å². The zero-order valence-corrected chi connectivity index (χ0v) is 28.0. The van der Waals surface area contributed by atoms with Gasteiger partial charge in [0.05, 0.1) is 79.3 Å². The number of ether oxygens (including phenoxy) is 9. The van der Waals surface area contributed by atoms with Gasteiger partial charge in [0.15, 0.2) is 0 Å². The topological polar surface area (TPSA) is 83.1 Å². The number of aryl methyl sites for hydroxylation is 4. The first-order chi connectivity index (χ1) is 19.8. The van der Waals surface area contributed by atoms with Gasteiger partial charge in [-0.25, -0.2) is 0 Å². The average molecular weight is 621 g/mol. The van der Waals surface area contributed by atoms with Crippen LogP contribution in [0.25, 0.3) is 0 Å². The van der Waals surface area contributed by atoms with E-state index in [0.29, 0.717) is 92.5 Å². The summed E-state index contributed by atoms with van der Waals surface area (Å²) in [6.07, 6.45) is 0. The van der Waals surface area contributed by atoms with E-state index in [0.717, 1.165) is 11.5 Å². The molecule has 0 N–H and O–H groups in total. The molecule has 0 aliphatic carbocycles. The van der Waals surface area contributed by atoms with Crippen molar-refractivity contribution in [3.8, 4) is 11.5 Å². The first-order valence-electron chi connectivity index (χ1n) is 14.1. The summed E-state index contributed by atoms with van der Waals surface area (Å²) in [5, 5.41) is 0. The molecule has 9 nitrogen and oxygen atoms in total. The molecule has 11 heteroatoms. The number of hydrogen-bond acceptors (Lipinski definition) is 11. The fraction of sp³-hybridized carbons (Fsp3) is 0.733. The third-order valence-electron chi connectivity index (χ3n) is 5.92. The second kappa shape index (κ2) is 24.2. The first-order valence-corrected chi connectivity index (χ1v) is 15.7. The molecule has 0 spiro atoms. The second-order valence-electron chi connectivity index (χ2n) is 9.08. The second-order valence-corrected chi connectivity index (χ2v) is 11.9. The summed E-state index contributed by atoms with van der Waals surface area (Å²) in [6.45, 7) is 20.9. The Labute approximate surface area is 255 Å². The molecule has 0 saturated carbocycles. The lowest BCUT2D eigenvalue weighted by Crippen LogP contribution is -2.13. The van der Waals surface area contributed by atoms with Crippen molar-refractivity contribution in [2.75, 3.05) is 107 Å². The first kappa shape index (κ1) is 37.7. The average Bonchev–Trinajstić information content (AvgIpc) is 3.34. The molecule has 0 fully saturated rings. The predicted octanol–water partition coefficient (Wildman–Crippen LogP) is 5.48. The molecule has 0 radical (unpaired) electrons. The van der Waals surface area contributed by atoms with Crippen LogP contribution < -0.4 is 9.47 Å². The van der Waals surface area contributed by atoms with Crippen LogP contribution in [-0.2, 0) is 33.2 Å². The molecular formula is C30H52O9S2. The lowest BCUT2D eigenvalue weighted by atomic mass is 10.2. The van der Waals surface area contributed by atoms with Crippen molar-refractivity contribution in [1.29, 1.82) is 0 Å². The molecule has 2 aromatic heterocycles. The van der Waals surface area contributed by atoms with Crippen molar-refractivity contribution in [2.24, 2.45) is 0 Å². The van der Waals surface area contributed by atoms with Gasteiger partial charge in [-0.1, -0.05) is 0 Å². The van der Waals surface area contributed by atoms with Gasteiger partial charge in [-0.05, 0) is 41.5 Å². The Morgan fingerprint density at radius 1 is 0.366 bits per heavy atom. The fourth-order valence-corrected chi connectivity index (χ4v) is 5.55. The monoisotopic (exact) mass is 620 g/mol. The van der Waals surface area contributed by atoms with Crippen LogP contribution in [-0.4, -0.2) is 107 Å². The van der Waals surface area contributed by atoms with E-state index in [4.69, 9.17) is 42.6 Å². The fourth-order valence-electron chi connectivity index (χ4n) is 3.53. The highest BCUT2D eigenvalue weighted by Gasteiger charge is 2.11. The largest absolute Gasteiger partial charge is 0.490 e. The SMILES string of the molecule is COCCOCCOCCOCCOc1c(C)sc(C)c1C.COCCOCCOCCOc1c(C)sc(C)c1C. The molecule has 2 heterocycles. The van der Waals surface area contributed by atoms with E-state index in [1.54, 1.807) is 36.9 Å². The Balaban J connectivity index is 0.000000414. The van der Waals surface area contributed by atoms with Gasteiger partial charge >= 0.3 is 0 Å². The summed E-state index contributed by atoms with van der Waals surface area (Å²) in [5.41, 5.74) is 2.48. The molecule has 0 atom stereocenters. The summed E-state index contributed by atoms with van der Waals surface area (Å²) < 4.78 is 48.2. The zero-order chi connectivity index (χ0) is 30.3. The Kier molecular flexibility index (Phi) is 22.3. The van der Waals surface area contributed by atoms with Crippen LogP contribution in [0, 0.1) is 41.5 Å². The zero-order valence-electron chi connectivity index (χ0n) is 26.4. The lowest BCUT2D eigenvalue weighted by molar-refractivity contribution is 0.000136. The molecule has 0 amide bonds. The number of rotatable bonds is 23. The summed E-state index contributed by atoms with van der Waals surface area (Å²) in [7, 11) is 3.32. The number of thiophene rings is 2. The van der Waals surface area contributed by atoms with E-state index in [1.165, 1.54) is 30.6 Å². The minimum absolute atomic E-state index is 0.567. The molecule has 2 rings (SSSR count). The van der Waals surface area contributed by atoms with Crippen molar-refractivity contribution in [2.45, 2.75) is 41.5 Å². The van der Waals surface area contributed by atoms with E-state index in [1.807, 2.05) is 0 Å². The highest BCUT2D eigenvalue weighted by Crippen LogP contribution is 2.34. The van der Waals surface area contributed by atoms with E-state index < -0.39 is 0 Å². The molecule has 0 unspecified atom stereocenters. The molecule has 41 heavy (non-hydrogen) atoms. The maximum atomic E-state index is 5.78. The predicted molar refractivity (Wildman–Crippen MR) is 166 cm³/mol. The number of hydrogen-bond donors (Lipinski definition) is 0. The maximum Gasteiger partial charge on any atom is 0.136 e. The minimum Gasteiger partial charge on any atom is -0.490 e. The van der Waals surface area contributed by atoms with Crippen LogP contribution in [0.2, 0.25) is 0 Å². The summed E-state index contributed by atoms with van der Waals surface area (Å²) in [4.78, 5) is 5.10. The number of methoxy groups -OCH3 is 2. The maximum absolute atomic E-state index is 5.78. The minimum atomic E-state index is 0.567. The quantitative estimate of drug-likeness (QED) is 0.150. The van der Waals surface area contributed by atoms with E-state index in [2.05, 4.69) is 41.5 Å². The van der Waals surface area contributed by atoms with Crippen molar-refractivity contribution in [3.63, 3.8) is 0 Å². The third-order valence-corrected chi connectivity index (χ3v) is 8.12. The molecule has 0 aromatic carbocycles. The molecule has 238 valence electrons. The van der Waals surface area contributed by atoms with Gasteiger partial charge in [-0.3, -0.25) is 0 Å². The van der Waals surface area contributed by atoms with Crippen molar-refractivity contribution < 1.29 is 42.6 Å². The van der Waals surface area contributed by atoms with Gasteiger partial charge in [-0.15, -0.1) is 22.7 Å². The van der Waals surface area contributed by atoms with E-state index in [-0.39, 0.29) is 0 Å². The summed E-state index contributed by atoms with van der Waals surface area (Å²) in [6, 6.07) is 0. The van der Waals surface area contributed by atoms with Gasteiger partial charge in [0.25, 0.3) is 0 Å². The normalized spacial score (nSPS) is 11.0. The molecule has 0 aliphatic heterocycles. The van der Waals surface area contributed by atoms with E-state index in [9.17, 15) is 0 Å².